The molecular weight excluding hydrogens is 250 g/mol. The minimum Gasteiger partial charge on any atom is -0.439 e. The predicted octanol–water partition coefficient (Wildman–Crippen LogP) is 3.89. The number of aliphatic hydroxyl groups excluding tert-OH is 1. The molecule has 0 bridgehead atoms. The molecule has 94 valence electrons. The van der Waals surface area contributed by atoms with Gasteiger partial charge in [-0.25, -0.2) is 4.98 Å². The van der Waals surface area contributed by atoms with Crippen LogP contribution in [0.2, 0.25) is 5.02 Å². The number of hydrogen-bond donors (Lipinski definition) is 1. The van der Waals surface area contributed by atoms with Crippen molar-refractivity contribution in [1.82, 2.24) is 4.98 Å². The molecular formula is C14H14ClNO2. The van der Waals surface area contributed by atoms with Crippen molar-refractivity contribution in [3.05, 3.63) is 52.7 Å². The summed E-state index contributed by atoms with van der Waals surface area (Å²) in [5, 5.41) is 10.3. The van der Waals surface area contributed by atoms with E-state index in [1.807, 2.05) is 13.0 Å². The Morgan fingerprint density at radius 3 is 2.78 bits per heavy atom. The first-order valence-electron chi connectivity index (χ1n) is 5.65. The van der Waals surface area contributed by atoms with E-state index in [2.05, 4.69) is 4.98 Å². The number of aryl methyl sites for hydroxylation is 1. The second kappa shape index (κ2) is 5.38. The first kappa shape index (κ1) is 12.9. The van der Waals surface area contributed by atoms with Gasteiger partial charge in [-0.15, -0.1) is 0 Å². The summed E-state index contributed by atoms with van der Waals surface area (Å²) in [6.45, 7) is 3.58. The number of halogens is 1. The van der Waals surface area contributed by atoms with Crippen LogP contribution in [-0.4, -0.2) is 10.1 Å². The predicted molar refractivity (Wildman–Crippen MR) is 71.1 cm³/mol. The van der Waals surface area contributed by atoms with Crippen LogP contribution in [0.25, 0.3) is 0 Å². The van der Waals surface area contributed by atoms with Crippen LogP contribution >= 0.6 is 11.6 Å². The van der Waals surface area contributed by atoms with Crippen molar-refractivity contribution in [3.8, 4) is 11.6 Å². The Hall–Kier alpha value is -1.58. The number of nitrogens with zero attached hydrogens (tertiary/aromatic N) is 1. The standard InChI is InChI=1S/C14H14ClNO2/c1-9-8-11(5-6-13(9)15)18-14-12(10(2)17)4-3-7-16-14/h3-8,10,17H,1-2H3/t10-/m0/s1. The Morgan fingerprint density at radius 2 is 2.11 bits per heavy atom. The van der Waals surface area contributed by atoms with Crippen LogP contribution in [0.15, 0.2) is 36.5 Å². The summed E-state index contributed by atoms with van der Waals surface area (Å²) in [5.74, 6) is 1.06. The van der Waals surface area contributed by atoms with Crippen molar-refractivity contribution in [2.45, 2.75) is 20.0 Å². The summed E-state index contributed by atoms with van der Waals surface area (Å²) in [5.41, 5.74) is 1.59. The molecule has 0 unspecified atom stereocenters. The van der Waals surface area contributed by atoms with Gasteiger partial charge in [0.2, 0.25) is 5.88 Å². The van der Waals surface area contributed by atoms with E-state index in [9.17, 15) is 5.11 Å². The van der Waals surface area contributed by atoms with Gasteiger partial charge in [0, 0.05) is 16.8 Å². The van der Waals surface area contributed by atoms with Crippen LogP contribution in [0.3, 0.4) is 0 Å². The molecule has 0 fully saturated rings. The minimum absolute atomic E-state index is 0.411. The lowest BCUT2D eigenvalue weighted by atomic mass is 10.2. The van der Waals surface area contributed by atoms with Crippen LogP contribution < -0.4 is 4.74 Å². The zero-order valence-electron chi connectivity index (χ0n) is 10.2. The molecule has 1 atom stereocenters. The molecule has 0 saturated carbocycles. The first-order chi connectivity index (χ1) is 8.58. The Morgan fingerprint density at radius 1 is 1.33 bits per heavy atom. The molecule has 0 saturated heterocycles. The zero-order valence-corrected chi connectivity index (χ0v) is 11.0. The highest BCUT2D eigenvalue weighted by atomic mass is 35.5. The second-order valence-electron chi connectivity index (χ2n) is 4.09. The summed E-state index contributed by atoms with van der Waals surface area (Å²) in [6.07, 6.45) is 1.01. The van der Waals surface area contributed by atoms with Crippen molar-refractivity contribution in [2.75, 3.05) is 0 Å². The highest BCUT2D eigenvalue weighted by molar-refractivity contribution is 6.31. The van der Waals surface area contributed by atoms with Crippen molar-refractivity contribution < 1.29 is 9.84 Å². The maximum atomic E-state index is 9.64. The molecule has 0 amide bonds. The van der Waals surface area contributed by atoms with Gasteiger partial charge in [0.05, 0.1) is 6.10 Å². The number of ether oxygens (including phenoxy) is 1. The molecule has 3 nitrogen and oxygen atoms in total. The van der Waals surface area contributed by atoms with Gasteiger partial charge in [0.1, 0.15) is 5.75 Å². The number of hydrogen-bond acceptors (Lipinski definition) is 3. The van der Waals surface area contributed by atoms with E-state index in [4.69, 9.17) is 16.3 Å². The van der Waals surface area contributed by atoms with Crippen LogP contribution in [0.5, 0.6) is 11.6 Å². The van der Waals surface area contributed by atoms with Crippen molar-refractivity contribution in [3.63, 3.8) is 0 Å². The molecule has 1 aromatic carbocycles. The van der Waals surface area contributed by atoms with Gasteiger partial charge in [-0.2, -0.15) is 0 Å². The highest BCUT2D eigenvalue weighted by Crippen LogP contribution is 2.29. The largest absolute Gasteiger partial charge is 0.439 e. The van der Waals surface area contributed by atoms with Gasteiger partial charge in [0.15, 0.2) is 0 Å². The van der Waals surface area contributed by atoms with E-state index < -0.39 is 6.10 Å². The SMILES string of the molecule is Cc1cc(Oc2ncccc2[C@H](C)O)ccc1Cl. The van der Waals surface area contributed by atoms with Gasteiger partial charge >= 0.3 is 0 Å². The van der Waals surface area contributed by atoms with Crippen molar-refractivity contribution in [1.29, 1.82) is 0 Å². The Balaban J connectivity index is 2.31. The van der Waals surface area contributed by atoms with Crippen LogP contribution in [0, 0.1) is 6.92 Å². The normalized spacial score (nSPS) is 12.2. The molecule has 1 heterocycles. The summed E-state index contributed by atoms with van der Waals surface area (Å²) in [6, 6.07) is 8.94. The fraction of sp³-hybridized carbons (Fsp3) is 0.214. The van der Waals surface area contributed by atoms with E-state index in [1.54, 1.807) is 37.4 Å². The molecule has 0 radical (unpaired) electrons. The van der Waals surface area contributed by atoms with Gasteiger partial charge in [-0.3, -0.25) is 0 Å². The summed E-state index contributed by atoms with van der Waals surface area (Å²) < 4.78 is 5.68. The Kier molecular flexibility index (Phi) is 3.84. The van der Waals surface area contributed by atoms with Gasteiger partial charge < -0.3 is 9.84 Å². The smallest absolute Gasteiger partial charge is 0.225 e. The molecule has 1 N–H and O–H groups in total. The van der Waals surface area contributed by atoms with Gasteiger partial charge in [-0.05, 0) is 49.7 Å². The van der Waals surface area contributed by atoms with E-state index in [-0.39, 0.29) is 0 Å². The highest BCUT2D eigenvalue weighted by Gasteiger charge is 2.11. The third-order valence-corrected chi connectivity index (χ3v) is 3.02. The lowest BCUT2D eigenvalue weighted by molar-refractivity contribution is 0.194. The fourth-order valence-electron chi connectivity index (χ4n) is 1.60. The van der Waals surface area contributed by atoms with Crippen LogP contribution in [0.1, 0.15) is 24.2 Å². The third kappa shape index (κ3) is 2.81. The Labute approximate surface area is 111 Å². The monoisotopic (exact) mass is 263 g/mol. The van der Waals surface area contributed by atoms with E-state index >= 15 is 0 Å². The number of aliphatic hydroxyl groups is 1. The lowest BCUT2D eigenvalue weighted by Crippen LogP contribution is -1.98. The third-order valence-electron chi connectivity index (χ3n) is 2.59. The summed E-state index contributed by atoms with van der Waals surface area (Å²) >= 11 is 5.95. The van der Waals surface area contributed by atoms with Crippen molar-refractivity contribution >= 4 is 11.6 Å². The van der Waals surface area contributed by atoms with Crippen molar-refractivity contribution in [2.24, 2.45) is 0 Å². The minimum atomic E-state index is -0.623. The molecule has 1 aromatic heterocycles. The fourth-order valence-corrected chi connectivity index (χ4v) is 1.72. The molecule has 2 aromatic rings. The number of aromatic nitrogens is 1. The molecule has 0 aliphatic carbocycles. The lowest BCUT2D eigenvalue weighted by Gasteiger charge is -2.12. The molecule has 0 spiro atoms. The van der Waals surface area contributed by atoms with E-state index in [0.717, 1.165) is 5.56 Å². The van der Waals surface area contributed by atoms with E-state index in [0.29, 0.717) is 22.2 Å². The average Bonchev–Trinajstić information content (AvgIpc) is 2.34. The van der Waals surface area contributed by atoms with Crippen LogP contribution in [-0.2, 0) is 0 Å². The molecule has 18 heavy (non-hydrogen) atoms. The number of benzene rings is 1. The Bertz CT molecular complexity index is 555. The topological polar surface area (TPSA) is 42.4 Å². The molecule has 0 aliphatic rings. The number of pyridine rings is 1. The maximum absolute atomic E-state index is 9.64. The first-order valence-corrected chi connectivity index (χ1v) is 6.02. The molecule has 2 rings (SSSR count). The second-order valence-corrected chi connectivity index (χ2v) is 4.49. The molecule has 0 aliphatic heterocycles. The average molecular weight is 264 g/mol. The maximum Gasteiger partial charge on any atom is 0.225 e. The number of rotatable bonds is 3. The van der Waals surface area contributed by atoms with Gasteiger partial charge in [0.25, 0.3) is 0 Å². The van der Waals surface area contributed by atoms with E-state index in [1.165, 1.54) is 0 Å². The molecule has 4 heteroatoms. The summed E-state index contributed by atoms with van der Waals surface area (Å²) in [7, 11) is 0. The zero-order chi connectivity index (χ0) is 13.1. The summed E-state index contributed by atoms with van der Waals surface area (Å²) in [4.78, 5) is 4.13. The van der Waals surface area contributed by atoms with Crippen LogP contribution in [0.4, 0.5) is 0 Å². The van der Waals surface area contributed by atoms with Gasteiger partial charge in [-0.1, -0.05) is 11.6 Å². The quantitative estimate of drug-likeness (QED) is 0.914.